The van der Waals surface area contributed by atoms with Gasteiger partial charge in [-0.25, -0.2) is 19.2 Å². The lowest BCUT2D eigenvalue weighted by Gasteiger charge is -2.40. The minimum absolute atomic E-state index is 0.243. The van der Waals surface area contributed by atoms with Crippen LogP contribution in [0.3, 0.4) is 0 Å². The molecule has 0 aliphatic heterocycles. The zero-order valence-electron chi connectivity index (χ0n) is 25.9. The van der Waals surface area contributed by atoms with Crippen molar-refractivity contribution in [2.24, 2.45) is 0 Å². The van der Waals surface area contributed by atoms with Gasteiger partial charge in [-0.3, -0.25) is 9.59 Å². The van der Waals surface area contributed by atoms with E-state index in [0.717, 1.165) is 54.6 Å². The topological polar surface area (TPSA) is 110 Å². The summed E-state index contributed by atoms with van der Waals surface area (Å²) in [7, 11) is 0. The second-order valence-corrected chi connectivity index (χ2v) is 12.1. The summed E-state index contributed by atoms with van der Waals surface area (Å²) in [5, 5.41) is 5.95. The SMILES string of the molecule is CCOC(=O)/C=C/c1ccc(NC(=O)C2(NC(=O)c3ccc4nc(-c5ccc(F)cc5)c(C5CCCCC5)nc4c3)CCC2)cc1. The molecule has 9 heteroatoms. The first-order valence-corrected chi connectivity index (χ1v) is 16.0. The van der Waals surface area contributed by atoms with Crippen LogP contribution >= 0.6 is 0 Å². The number of rotatable bonds is 9. The summed E-state index contributed by atoms with van der Waals surface area (Å²) in [5.74, 6) is -1.09. The van der Waals surface area contributed by atoms with Crippen molar-refractivity contribution in [3.63, 3.8) is 0 Å². The molecule has 1 heterocycles. The maximum Gasteiger partial charge on any atom is 0.330 e. The molecule has 236 valence electrons. The second kappa shape index (κ2) is 13.6. The molecule has 2 aliphatic carbocycles. The van der Waals surface area contributed by atoms with Crippen LogP contribution in [0.2, 0.25) is 0 Å². The van der Waals surface area contributed by atoms with Crippen LogP contribution in [0.4, 0.5) is 10.1 Å². The van der Waals surface area contributed by atoms with Gasteiger partial charge in [0.05, 0.1) is 29.0 Å². The second-order valence-electron chi connectivity index (χ2n) is 12.1. The predicted molar refractivity (Wildman–Crippen MR) is 176 cm³/mol. The van der Waals surface area contributed by atoms with Crippen LogP contribution in [-0.4, -0.2) is 39.9 Å². The molecule has 0 bridgehead atoms. The Morgan fingerprint density at radius 3 is 2.33 bits per heavy atom. The van der Waals surface area contributed by atoms with Crippen LogP contribution in [0.1, 0.15) is 85.8 Å². The zero-order chi connectivity index (χ0) is 32.1. The van der Waals surface area contributed by atoms with E-state index in [2.05, 4.69) is 10.6 Å². The molecule has 2 fully saturated rings. The van der Waals surface area contributed by atoms with Gasteiger partial charge in [0.15, 0.2) is 0 Å². The molecule has 0 unspecified atom stereocenters. The van der Waals surface area contributed by atoms with Crippen molar-refractivity contribution in [1.82, 2.24) is 15.3 Å². The molecule has 2 N–H and O–H groups in total. The summed E-state index contributed by atoms with van der Waals surface area (Å²) in [6.07, 6.45) is 10.4. The van der Waals surface area contributed by atoms with Crippen molar-refractivity contribution in [1.29, 1.82) is 0 Å². The summed E-state index contributed by atoms with van der Waals surface area (Å²) in [4.78, 5) is 48.6. The fourth-order valence-corrected chi connectivity index (χ4v) is 6.20. The molecule has 3 aromatic carbocycles. The van der Waals surface area contributed by atoms with Crippen LogP contribution < -0.4 is 10.6 Å². The summed E-state index contributed by atoms with van der Waals surface area (Å²) < 4.78 is 18.6. The van der Waals surface area contributed by atoms with Crippen LogP contribution in [0.25, 0.3) is 28.4 Å². The highest BCUT2D eigenvalue weighted by atomic mass is 19.1. The Morgan fingerprint density at radius 1 is 0.913 bits per heavy atom. The van der Waals surface area contributed by atoms with Crippen molar-refractivity contribution >= 4 is 40.6 Å². The van der Waals surface area contributed by atoms with Gasteiger partial charge >= 0.3 is 5.97 Å². The number of carbonyl (C=O) groups excluding carboxylic acids is 3. The van der Waals surface area contributed by atoms with Crippen LogP contribution in [-0.2, 0) is 14.3 Å². The van der Waals surface area contributed by atoms with E-state index in [9.17, 15) is 18.8 Å². The van der Waals surface area contributed by atoms with Crippen molar-refractivity contribution < 1.29 is 23.5 Å². The molecule has 8 nitrogen and oxygen atoms in total. The smallest absolute Gasteiger partial charge is 0.330 e. The standard InChI is InChI=1S/C37H37FN4O4/c1-2-46-32(43)20-11-24-9-17-29(18-10-24)39-36(45)37(21-6-22-37)42-35(44)27-14-19-30-31(23-27)41-33(25-7-4-3-5-8-25)34(40-30)26-12-15-28(38)16-13-26/h9-20,23,25H,2-8,21-22H2,1H3,(H,39,45)(H,42,44)/b20-11+. The van der Waals surface area contributed by atoms with E-state index in [-0.39, 0.29) is 23.5 Å². The number of esters is 1. The van der Waals surface area contributed by atoms with E-state index in [4.69, 9.17) is 14.7 Å². The van der Waals surface area contributed by atoms with Gasteiger partial charge in [0.1, 0.15) is 11.4 Å². The van der Waals surface area contributed by atoms with Gasteiger partial charge in [0, 0.05) is 28.8 Å². The highest BCUT2D eigenvalue weighted by Gasteiger charge is 2.45. The molecule has 2 aliphatic rings. The molecule has 4 aromatic rings. The van der Waals surface area contributed by atoms with E-state index in [1.165, 1.54) is 24.6 Å². The summed E-state index contributed by atoms with van der Waals surface area (Å²) in [5.41, 5.74) is 4.48. The maximum absolute atomic E-state index is 13.7. The van der Waals surface area contributed by atoms with Gasteiger partial charge in [0.25, 0.3) is 5.91 Å². The number of fused-ring (bicyclic) bond motifs is 1. The van der Waals surface area contributed by atoms with E-state index >= 15 is 0 Å². The van der Waals surface area contributed by atoms with Crippen molar-refractivity contribution in [3.05, 3.63) is 95.4 Å². The number of aromatic nitrogens is 2. The van der Waals surface area contributed by atoms with Crippen molar-refractivity contribution in [3.8, 4) is 11.3 Å². The molecular weight excluding hydrogens is 583 g/mol. The first-order chi connectivity index (χ1) is 22.3. The predicted octanol–water partition coefficient (Wildman–Crippen LogP) is 7.35. The number of amides is 2. The highest BCUT2D eigenvalue weighted by molar-refractivity contribution is 6.05. The fraction of sp³-hybridized carbons (Fsp3) is 0.324. The van der Waals surface area contributed by atoms with Gasteiger partial charge in [-0.15, -0.1) is 0 Å². The normalized spacial score (nSPS) is 16.1. The third-order valence-electron chi connectivity index (χ3n) is 8.92. The number of nitrogens with one attached hydrogen (secondary N) is 2. The number of carbonyl (C=O) groups is 3. The average Bonchev–Trinajstić information content (AvgIpc) is 3.06. The number of benzene rings is 3. The molecule has 0 radical (unpaired) electrons. The quantitative estimate of drug-likeness (QED) is 0.150. The lowest BCUT2D eigenvalue weighted by atomic mass is 9.75. The van der Waals surface area contributed by atoms with Gasteiger partial charge in [-0.1, -0.05) is 31.4 Å². The minimum atomic E-state index is -1.01. The molecule has 0 saturated heterocycles. The van der Waals surface area contributed by atoms with Gasteiger partial charge in [0.2, 0.25) is 5.91 Å². The van der Waals surface area contributed by atoms with E-state index in [0.29, 0.717) is 41.7 Å². The lowest BCUT2D eigenvalue weighted by molar-refractivity contribution is -0.137. The molecule has 0 spiro atoms. The Hall–Kier alpha value is -4.92. The zero-order valence-corrected chi connectivity index (χ0v) is 25.9. The summed E-state index contributed by atoms with van der Waals surface area (Å²) in [6.45, 7) is 2.06. The summed E-state index contributed by atoms with van der Waals surface area (Å²) in [6, 6.07) is 18.7. The highest BCUT2D eigenvalue weighted by Crippen LogP contribution is 2.38. The summed E-state index contributed by atoms with van der Waals surface area (Å²) >= 11 is 0. The number of ether oxygens (including phenoxy) is 1. The number of hydrogen-bond acceptors (Lipinski definition) is 6. The Bertz CT molecular complexity index is 1780. The van der Waals surface area contributed by atoms with Gasteiger partial charge < -0.3 is 15.4 Å². The Morgan fingerprint density at radius 2 is 1.65 bits per heavy atom. The molecule has 2 saturated carbocycles. The monoisotopic (exact) mass is 620 g/mol. The Balaban J connectivity index is 1.20. The van der Waals surface area contributed by atoms with Crippen LogP contribution in [0.15, 0.2) is 72.8 Å². The molecular formula is C37H37FN4O4. The van der Waals surface area contributed by atoms with Crippen LogP contribution in [0.5, 0.6) is 0 Å². The first-order valence-electron chi connectivity index (χ1n) is 16.0. The van der Waals surface area contributed by atoms with Crippen molar-refractivity contribution in [2.75, 3.05) is 11.9 Å². The number of anilines is 1. The van der Waals surface area contributed by atoms with E-state index in [1.807, 2.05) is 0 Å². The third kappa shape index (κ3) is 6.83. The number of hydrogen-bond donors (Lipinski definition) is 2. The number of halogens is 1. The largest absolute Gasteiger partial charge is 0.463 e. The average molecular weight is 621 g/mol. The minimum Gasteiger partial charge on any atom is -0.463 e. The van der Waals surface area contributed by atoms with E-state index < -0.39 is 11.5 Å². The van der Waals surface area contributed by atoms with Gasteiger partial charge in [-0.05, 0) is 105 Å². The molecule has 0 atom stereocenters. The first kappa shape index (κ1) is 31.1. The van der Waals surface area contributed by atoms with Crippen LogP contribution in [0, 0.1) is 5.82 Å². The fourth-order valence-electron chi connectivity index (χ4n) is 6.20. The maximum atomic E-state index is 13.7. The molecule has 2 amide bonds. The Kier molecular flexibility index (Phi) is 9.19. The molecule has 1 aromatic heterocycles. The van der Waals surface area contributed by atoms with Crippen molar-refractivity contribution in [2.45, 2.75) is 69.7 Å². The van der Waals surface area contributed by atoms with Gasteiger partial charge in [-0.2, -0.15) is 0 Å². The third-order valence-corrected chi connectivity index (χ3v) is 8.92. The molecule has 46 heavy (non-hydrogen) atoms. The van der Waals surface area contributed by atoms with E-state index in [1.54, 1.807) is 67.6 Å². The number of nitrogens with zero attached hydrogens (tertiary/aromatic N) is 2. The Labute approximate surface area is 267 Å². The molecule has 6 rings (SSSR count). The lowest BCUT2D eigenvalue weighted by Crippen LogP contribution is -2.61.